The van der Waals surface area contributed by atoms with Crippen LogP contribution < -0.4 is 10.1 Å². The van der Waals surface area contributed by atoms with Gasteiger partial charge in [-0.3, -0.25) is 4.79 Å². The van der Waals surface area contributed by atoms with Crippen molar-refractivity contribution in [2.75, 3.05) is 0 Å². The summed E-state index contributed by atoms with van der Waals surface area (Å²) in [5.41, 5.74) is 2.17. The highest BCUT2D eigenvalue weighted by atomic mass is 35.5. The number of carbonyl (C=O) groups excluding carboxylic acids is 1. The SMILES string of the molecule is O=C1NC(=Nc2ccc(Cl)cc2)S/C1=C\c1ccccc1OCc1cccc(F)c1. The molecule has 1 amide bonds. The molecule has 0 saturated carbocycles. The summed E-state index contributed by atoms with van der Waals surface area (Å²) < 4.78 is 19.2. The van der Waals surface area contributed by atoms with Crippen LogP contribution in [-0.2, 0) is 11.4 Å². The molecule has 0 radical (unpaired) electrons. The van der Waals surface area contributed by atoms with Crippen LogP contribution in [0.25, 0.3) is 6.08 Å². The average Bonchev–Trinajstić information content (AvgIpc) is 3.08. The Morgan fingerprint density at radius 3 is 2.67 bits per heavy atom. The van der Waals surface area contributed by atoms with Gasteiger partial charge < -0.3 is 10.1 Å². The monoisotopic (exact) mass is 438 g/mol. The number of nitrogens with zero attached hydrogens (tertiary/aromatic N) is 1. The quantitative estimate of drug-likeness (QED) is 0.501. The van der Waals surface area contributed by atoms with Crippen molar-refractivity contribution in [3.8, 4) is 5.75 Å². The average molecular weight is 439 g/mol. The number of aliphatic imine (C=N–C) groups is 1. The van der Waals surface area contributed by atoms with E-state index in [1.165, 1.54) is 23.9 Å². The molecule has 1 heterocycles. The van der Waals surface area contributed by atoms with E-state index in [1.54, 1.807) is 42.5 Å². The topological polar surface area (TPSA) is 50.7 Å². The first kappa shape index (κ1) is 20.2. The molecule has 0 aliphatic carbocycles. The number of hydrogen-bond donors (Lipinski definition) is 1. The largest absolute Gasteiger partial charge is 0.488 e. The fourth-order valence-electron chi connectivity index (χ4n) is 2.77. The van der Waals surface area contributed by atoms with Crippen molar-refractivity contribution in [3.05, 3.63) is 99.7 Å². The van der Waals surface area contributed by atoms with Gasteiger partial charge in [0, 0.05) is 10.6 Å². The molecule has 4 rings (SSSR count). The van der Waals surface area contributed by atoms with Crippen LogP contribution in [0.2, 0.25) is 5.02 Å². The highest BCUT2D eigenvalue weighted by molar-refractivity contribution is 8.18. The summed E-state index contributed by atoms with van der Waals surface area (Å²) in [6, 6.07) is 20.7. The molecule has 30 heavy (non-hydrogen) atoms. The predicted molar refractivity (Wildman–Crippen MR) is 119 cm³/mol. The van der Waals surface area contributed by atoms with Gasteiger partial charge in [0.15, 0.2) is 5.17 Å². The molecule has 0 spiro atoms. The first-order valence-corrected chi connectivity index (χ1v) is 10.3. The minimum Gasteiger partial charge on any atom is -0.488 e. The first-order chi connectivity index (χ1) is 14.6. The van der Waals surface area contributed by atoms with Gasteiger partial charge in [-0.05, 0) is 65.9 Å². The number of ether oxygens (including phenoxy) is 1. The van der Waals surface area contributed by atoms with E-state index in [2.05, 4.69) is 10.3 Å². The van der Waals surface area contributed by atoms with Crippen molar-refractivity contribution < 1.29 is 13.9 Å². The van der Waals surface area contributed by atoms with Gasteiger partial charge in [0.25, 0.3) is 5.91 Å². The van der Waals surface area contributed by atoms with Crippen LogP contribution in [0.5, 0.6) is 5.75 Å². The number of halogens is 2. The van der Waals surface area contributed by atoms with E-state index in [9.17, 15) is 9.18 Å². The fourth-order valence-corrected chi connectivity index (χ4v) is 3.73. The summed E-state index contributed by atoms with van der Waals surface area (Å²) >= 11 is 7.14. The Labute approximate surface area is 182 Å². The van der Waals surface area contributed by atoms with Crippen LogP contribution in [0.3, 0.4) is 0 Å². The van der Waals surface area contributed by atoms with Gasteiger partial charge in [0.2, 0.25) is 0 Å². The van der Waals surface area contributed by atoms with Crippen molar-refractivity contribution in [2.24, 2.45) is 4.99 Å². The molecule has 0 atom stereocenters. The van der Waals surface area contributed by atoms with Crippen molar-refractivity contribution in [1.82, 2.24) is 5.32 Å². The Balaban J connectivity index is 1.51. The summed E-state index contributed by atoms with van der Waals surface area (Å²) in [7, 11) is 0. The lowest BCUT2D eigenvalue weighted by Gasteiger charge is -2.09. The molecule has 0 aromatic heterocycles. The number of rotatable bonds is 5. The first-order valence-electron chi connectivity index (χ1n) is 9.08. The second kappa shape index (κ2) is 9.15. The Morgan fingerprint density at radius 2 is 1.87 bits per heavy atom. The molecule has 4 nitrogen and oxygen atoms in total. The summed E-state index contributed by atoms with van der Waals surface area (Å²) in [6.45, 7) is 0.223. The summed E-state index contributed by atoms with van der Waals surface area (Å²) in [4.78, 5) is 17.3. The maximum Gasteiger partial charge on any atom is 0.264 e. The molecule has 1 fully saturated rings. The van der Waals surface area contributed by atoms with E-state index in [-0.39, 0.29) is 18.3 Å². The molecule has 3 aromatic rings. The van der Waals surface area contributed by atoms with Gasteiger partial charge in [0.1, 0.15) is 18.2 Å². The third kappa shape index (κ3) is 5.09. The number of amides is 1. The summed E-state index contributed by atoms with van der Waals surface area (Å²) in [5, 5.41) is 3.88. The maximum absolute atomic E-state index is 13.4. The van der Waals surface area contributed by atoms with Crippen LogP contribution in [0.15, 0.2) is 82.7 Å². The number of hydrogen-bond acceptors (Lipinski definition) is 4. The maximum atomic E-state index is 13.4. The molecule has 150 valence electrons. The number of nitrogens with one attached hydrogen (secondary N) is 1. The Hall–Kier alpha value is -3.09. The molecule has 1 saturated heterocycles. The molecule has 1 aliphatic heterocycles. The molecule has 1 aliphatic rings. The van der Waals surface area contributed by atoms with Crippen LogP contribution in [0.1, 0.15) is 11.1 Å². The molecule has 7 heteroatoms. The van der Waals surface area contributed by atoms with E-state index >= 15 is 0 Å². The lowest BCUT2D eigenvalue weighted by Crippen LogP contribution is -2.19. The zero-order valence-electron chi connectivity index (χ0n) is 15.6. The lowest BCUT2D eigenvalue weighted by atomic mass is 10.2. The molecule has 0 bridgehead atoms. The van der Waals surface area contributed by atoms with Crippen molar-refractivity contribution in [2.45, 2.75) is 6.61 Å². The second-order valence-electron chi connectivity index (χ2n) is 6.41. The van der Waals surface area contributed by atoms with Crippen LogP contribution in [0, 0.1) is 5.82 Å². The van der Waals surface area contributed by atoms with E-state index in [4.69, 9.17) is 16.3 Å². The zero-order valence-corrected chi connectivity index (χ0v) is 17.2. The van der Waals surface area contributed by atoms with Gasteiger partial charge in [-0.15, -0.1) is 0 Å². The number of amidine groups is 1. The lowest BCUT2D eigenvalue weighted by molar-refractivity contribution is -0.115. The van der Waals surface area contributed by atoms with E-state index in [1.807, 2.05) is 24.3 Å². The minimum absolute atomic E-state index is 0.223. The zero-order chi connectivity index (χ0) is 20.9. The van der Waals surface area contributed by atoms with Crippen LogP contribution in [0.4, 0.5) is 10.1 Å². The molecule has 1 N–H and O–H groups in total. The Bertz CT molecular complexity index is 1150. The predicted octanol–water partition coefficient (Wildman–Crippen LogP) is 5.95. The van der Waals surface area contributed by atoms with Gasteiger partial charge in [-0.25, -0.2) is 9.38 Å². The normalized spacial score (nSPS) is 16.1. The number of benzene rings is 3. The summed E-state index contributed by atoms with van der Waals surface area (Å²) in [6.07, 6.45) is 1.76. The van der Waals surface area contributed by atoms with Gasteiger partial charge in [-0.2, -0.15) is 0 Å². The van der Waals surface area contributed by atoms with Gasteiger partial charge in [-0.1, -0.05) is 41.9 Å². The number of para-hydroxylation sites is 1. The van der Waals surface area contributed by atoms with Gasteiger partial charge in [0.05, 0.1) is 10.6 Å². The Kier molecular flexibility index (Phi) is 6.16. The molecular formula is C23H16ClFN2O2S. The Morgan fingerprint density at radius 1 is 1.07 bits per heavy atom. The van der Waals surface area contributed by atoms with Gasteiger partial charge >= 0.3 is 0 Å². The fraction of sp³-hybridized carbons (Fsp3) is 0.0435. The van der Waals surface area contributed by atoms with E-state index < -0.39 is 0 Å². The standard InChI is InChI=1S/C23H16ClFN2O2S/c24-17-8-10-19(11-9-17)26-23-27-22(28)21(30-23)13-16-5-1-2-7-20(16)29-14-15-4-3-6-18(25)12-15/h1-13H,14H2,(H,26,27,28)/b21-13-. The minimum atomic E-state index is -0.307. The molecular weight excluding hydrogens is 423 g/mol. The molecule has 3 aromatic carbocycles. The molecule has 0 unspecified atom stereocenters. The van der Waals surface area contributed by atoms with Crippen molar-refractivity contribution >= 4 is 46.2 Å². The van der Waals surface area contributed by atoms with Crippen molar-refractivity contribution in [3.63, 3.8) is 0 Å². The van der Waals surface area contributed by atoms with E-state index in [0.29, 0.717) is 26.5 Å². The van der Waals surface area contributed by atoms with Crippen LogP contribution in [-0.4, -0.2) is 11.1 Å². The second-order valence-corrected chi connectivity index (χ2v) is 7.88. The van der Waals surface area contributed by atoms with Crippen LogP contribution >= 0.6 is 23.4 Å². The smallest absolute Gasteiger partial charge is 0.264 e. The number of carbonyl (C=O) groups is 1. The third-order valence-electron chi connectivity index (χ3n) is 4.20. The number of thioether (sulfide) groups is 1. The summed E-state index contributed by atoms with van der Waals surface area (Å²) in [5.74, 6) is 0.0661. The highest BCUT2D eigenvalue weighted by Crippen LogP contribution is 2.31. The highest BCUT2D eigenvalue weighted by Gasteiger charge is 2.24. The van der Waals surface area contributed by atoms with Crippen molar-refractivity contribution in [1.29, 1.82) is 0 Å². The van der Waals surface area contributed by atoms with E-state index in [0.717, 1.165) is 11.1 Å². The third-order valence-corrected chi connectivity index (χ3v) is 5.36.